The second kappa shape index (κ2) is 10.2. The highest BCUT2D eigenvalue weighted by Gasteiger charge is 2.31. The molecule has 1 aliphatic rings. The molecule has 3 rings (SSSR count). The first-order valence-electron chi connectivity index (χ1n) is 11.1. The molecule has 0 spiro atoms. The molecule has 1 atom stereocenters. The third-order valence-electron chi connectivity index (χ3n) is 5.87. The number of rotatable bonds is 8. The average Bonchev–Trinajstić information content (AvgIpc) is 2.74. The lowest BCUT2D eigenvalue weighted by atomic mass is 9.84. The fourth-order valence-electron chi connectivity index (χ4n) is 4.28. The maximum Gasteiger partial charge on any atom is 0.268 e. The van der Waals surface area contributed by atoms with Gasteiger partial charge in [-0.3, -0.25) is 4.79 Å². The highest BCUT2D eigenvalue weighted by Crippen LogP contribution is 2.45. The van der Waals surface area contributed by atoms with E-state index in [4.69, 9.17) is 0 Å². The molecule has 0 saturated carbocycles. The predicted octanol–water partition coefficient (Wildman–Crippen LogP) is 5.16. The maximum absolute atomic E-state index is 13.3. The van der Waals surface area contributed by atoms with Crippen LogP contribution >= 0.6 is 0 Å². The summed E-state index contributed by atoms with van der Waals surface area (Å²) in [5.74, 6) is -1.64. The minimum Gasteiger partial charge on any atom is -0.507 e. The summed E-state index contributed by atoms with van der Waals surface area (Å²) in [6.07, 6.45) is 7.37. The van der Waals surface area contributed by atoms with E-state index in [0.29, 0.717) is 24.8 Å². The molecular formula is C25H31NO5S. The first kappa shape index (κ1) is 23.9. The molecule has 0 radical (unpaired) electrons. The largest absolute Gasteiger partial charge is 0.507 e. The Morgan fingerprint density at radius 3 is 2.53 bits per heavy atom. The number of amides is 1. The van der Waals surface area contributed by atoms with Crippen LogP contribution in [0.1, 0.15) is 79.8 Å². The molecule has 0 aliphatic heterocycles. The zero-order chi connectivity index (χ0) is 23.3. The average molecular weight is 458 g/mol. The van der Waals surface area contributed by atoms with Gasteiger partial charge < -0.3 is 10.2 Å². The molecule has 7 heteroatoms. The van der Waals surface area contributed by atoms with Crippen LogP contribution in [0, 0.1) is 0 Å². The van der Waals surface area contributed by atoms with Crippen molar-refractivity contribution in [3.63, 3.8) is 0 Å². The van der Waals surface area contributed by atoms with Gasteiger partial charge in [0.25, 0.3) is 15.9 Å². The highest BCUT2D eigenvalue weighted by molar-refractivity contribution is 7.90. The number of nitrogens with one attached hydrogen (secondary N) is 1. The summed E-state index contributed by atoms with van der Waals surface area (Å²) in [5, 5.41) is 21.9. The van der Waals surface area contributed by atoms with Crippen LogP contribution in [0.2, 0.25) is 0 Å². The van der Waals surface area contributed by atoms with Crippen LogP contribution in [0.25, 0.3) is 0 Å². The Hall–Kier alpha value is -2.80. The van der Waals surface area contributed by atoms with Gasteiger partial charge in [-0.15, -0.1) is 0 Å². The monoisotopic (exact) mass is 457 g/mol. The van der Waals surface area contributed by atoms with Crippen molar-refractivity contribution < 1.29 is 23.4 Å². The van der Waals surface area contributed by atoms with Crippen molar-refractivity contribution in [3.05, 3.63) is 64.7 Å². The zero-order valence-electron chi connectivity index (χ0n) is 18.6. The van der Waals surface area contributed by atoms with Gasteiger partial charge in [-0.1, -0.05) is 49.6 Å². The molecule has 2 aromatic carbocycles. The number of hydrogen-bond acceptors (Lipinski definition) is 5. The van der Waals surface area contributed by atoms with Crippen LogP contribution < -0.4 is 4.72 Å². The van der Waals surface area contributed by atoms with E-state index in [0.717, 1.165) is 31.3 Å². The number of unbranched alkanes of at least 4 members (excludes halogenated alkanes) is 2. The molecular weight excluding hydrogens is 426 g/mol. The molecule has 1 amide bonds. The van der Waals surface area contributed by atoms with E-state index in [1.165, 1.54) is 18.2 Å². The molecule has 0 heterocycles. The van der Waals surface area contributed by atoms with Crippen molar-refractivity contribution in [2.24, 2.45) is 0 Å². The van der Waals surface area contributed by atoms with Crippen LogP contribution in [-0.2, 0) is 16.4 Å². The van der Waals surface area contributed by atoms with E-state index in [2.05, 4.69) is 4.72 Å². The number of aromatic hydroxyl groups is 2. The number of sulfonamides is 1. The van der Waals surface area contributed by atoms with Crippen LogP contribution in [0.15, 0.2) is 52.9 Å². The first-order valence-corrected chi connectivity index (χ1v) is 12.6. The van der Waals surface area contributed by atoms with Crippen molar-refractivity contribution in [1.82, 2.24) is 4.72 Å². The van der Waals surface area contributed by atoms with Gasteiger partial charge in [-0.25, -0.2) is 13.1 Å². The van der Waals surface area contributed by atoms with E-state index in [1.54, 1.807) is 18.2 Å². The molecule has 1 unspecified atom stereocenters. The lowest BCUT2D eigenvalue weighted by Gasteiger charge is -2.24. The van der Waals surface area contributed by atoms with E-state index in [9.17, 15) is 23.4 Å². The SMILES string of the molecule is CCCCCc1cc(O)c(C2C=C(C)CCC2)c(O)c1S(=O)(=O)NC(=O)c1ccccc1. The molecule has 1 aliphatic carbocycles. The number of phenolic OH excluding ortho intramolecular Hbond substituents is 2. The third-order valence-corrected chi connectivity index (χ3v) is 7.32. The van der Waals surface area contributed by atoms with Gasteiger partial charge in [0.05, 0.1) is 0 Å². The quantitative estimate of drug-likeness (QED) is 0.375. The Morgan fingerprint density at radius 2 is 1.88 bits per heavy atom. The number of hydrogen-bond donors (Lipinski definition) is 3. The van der Waals surface area contributed by atoms with E-state index >= 15 is 0 Å². The highest BCUT2D eigenvalue weighted by atomic mass is 32.2. The van der Waals surface area contributed by atoms with Gasteiger partial charge in [0.2, 0.25) is 0 Å². The second-order valence-electron chi connectivity index (χ2n) is 8.42. The number of phenols is 2. The number of benzene rings is 2. The first-order chi connectivity index (χ1) is 15.2. The fraction of sp³-hybridized carbons (Fsp3) is 0.400. The number of carbonyl (C=O) groups is 1. The number of carbonyl (C=O) groups excluding carboxylic acids is 1. The van der Waals surface area contributed by atoms with Crippen molar-refractivity contribution in [2.75, 3.05) is 0 Å². The van der Waals surface area contributed by atoms with Gasteiger partial charge in [0.1, 0.15) is 16.4 Å². The van der Waals surface area contributed by atoms with Crippen LogP contribution in [-0.4, -0.2) is 24.5 Å². The second-order valence-corrected chi connectivity index (χ2v) is 10.0. The number of aryl methyl sites for hydroxylation is 1. The van der Waals surface area contributed by atoms with Crippen molar-refractivity contribution in [1.29, 1.82) is 0 Å². The molecule has 3 N–H and O–H groups in total. The standard InChI is InChI=1S/C25H31NO5S/c1-3-4-6-13-20-16-21(27)22(19-14-9-10-17(2)15-19)23(28)24(20)32(30,31)26-25(29)18-11-7-5-8-12-18/h5,7-8,11-12,15-16,19,27-28H,3-4,6,9-10,13-14H2,1-2H3,(H,26,29). The molecule has 32 heavy (non-hydrogen) atoms. The lowest BCUT2D eigenvalue weighted by Crippen LogP contribution is -2.31. The summed E-state index contributed by atoms with van der Waals surface area (Å²) in [7, 11) is -4.38. The lowest BCUT2D eigenvalue weighted by molar-refractivity contribution is 0.0981. The summed E-state index contributed by atoms with van der Waals surface area (Å²) in [4.78, 5) is 12.3. The third kappa shape index (κ3) is 5.33. The Balaban J connectivity index is 2.08. The Kier molecular flexibility index (Phi) is 7.61. The minimum absolute atomic E-state index is 0.113. The molecule has 2 aromatic rings. The molecule has 0 bridgehead atoms. The summed E-state index contributed by atoms with van der Waals surface area (Å²) in [5.41, 5.74) is 1.85. The smallest absolute Gasteiger partial charge is 0.268 e. The van der Waals surface area contributed by atoms with Crippen molar-refractivity contribution >= 4 is 15.9 Å². The minimum atomic E-state index is -4.38. The molecule has 0 aromatic heterocycles. The Labute approximate surface area is 190 Å². The van der Waals surface area contributed by atoms with E-state index in [1.807, 2.05) is 19.9 Å². The van der Waals surface area contributed by atoms with E-state index < -0.39 is 21.7 Å². The number of allylic oxidation sites excluding steroid dienone is 2. The van der Waals surface area contributed by atoms with Crippen molar-refractivity contribution in [3.8, 4) is 11.5 Å². The van der Waals surface area contributed by atoms with Crippen molar-refractivity contribution in [2.45, 2.75) is 69.6 Å². The molecule has 0 saturated heterocycles. The van der Waals surface area contributed by atoms with Gasteiger partial charge >= 0.3 is 0 Å². The summed E-state index contributed by atoms with van der Waals surface area (Å²) in [6.45, 7) is 4.02. The van der Waals surface area contributed by atoms with Crippen LogP contribution in [0.5, 0.6) is 11.5 Å². The van der Waals surface area contributed by atoms with Crippen LogP contribution in [0.4, 0.5) is 0 Å². The zero-order valence-corrected chi connectivity index (χ0v) is 19.4. The normalized spacial score (nSPS) is 16.4. The van der Waals surface area contributed by atoms with Gasteiger partial charge in [-0.05, 0) is 62.8 Å². The molecule has 6 nitrogen and oxygen atoms in total. The van der Waals surface area contributed by atoms with Gasteiger partial charge in [0, 0.05) is 17.0 Å². The maximum atomic E-state index is 13.3. The predicted molar refractivity (Wildman–Crippen MR) is 124 cm³/mol. The van der Waals surface area contributed by atoms with Gasteiger partial charge in [-0.2, -0.15) is 0 Å². The van der Waals surface area contributed by atoms with Crippen LogP contribution in [0.3, 0.4) is 0 Å². The molecule has 0 fully saturated rings. The van der Waals surface area contributed by atoms with Gasteiger partial charge in [0.15, 0.2) is 0 Å². The summed E-state index contributed by atoms with van der Waals surface area (Å²) in [6, 6.07) is 9.49. The van der Waals surface area contributed by atoms with E-state index in [-0.39, 0.29) is 27.7 Å². The topological polar surface area (TPSA) is 104 Å². The Morgan fingerprint density at radius 1 is 1.16 bits per heavy atom. The fourth-order valence-corrected chi connectivity index (χ4v) is 5.62. The summed E-state index contributed by atoms with van der Waals surface area (Å²) >= 11 is 0. The molecule has 172 valence electrons. The summed E-state index contributed by atoms with van der Waals surface area (Å²) < 4.78 is 28.7. The Bertz CT molecular complexity index is 1110.